The Morgan fingerprint density at radius 3 is 1.65 bits per heavy atom. The van der Waals surface area contributed by atoms with Crippen LogP contribution in [0.4, 0.5) is 11.4 Å². The number of ether oxygens (including phenoxy) is 2. The number of aliphatic hydroxyl groups excluding tert-OH is 2. The average molecular weight is 879 g/mol. The van der Waals surface area contributed by atoms with Crippen molar-refractivity contribution in [3.63, 3.8) is 0 Å². The van der Waals surface area contributed by atoms with Gasteiger partial charge in [-0.05, 0) is 132 Å². The van der Waals surface area contributed by atoms with E-state index in [1.165, 1.54) is 12.1 Å². The van der Waals surface area contributed by atoms with E-state index in [1.54, 1.807) is 18.2 Å². The van der Waals surface area contributed by atoms with Crippen molar-refractivity contribution in [3.05, 3.63) is 178 Å². The van der Waals surface area contributed by atoms with Gasteiger partial charge in [0, 0.05) is 35.5 Å². The van der Waals surface area contributed by atoms with E-state index in [4.69, 9.17) is 20.9 Å². The molecule has 4 unspecified atom stereocenters. The quantitative estimate of drug-likeness (QED) is 0.0342. The van der Waals surface area contributed by atoms with Crippen LogP contribution in [0.2, 0.25) is 0 Å². The van der Waals surface area contributed by atoms with Crippen molar-refractivity contribution in [2.24, 2.45) is 5.73 Å². The minimum absolute atomic E-state index is 0.00186. The molecule has 0 fully saturated rings. The smallest absolute Gasteiger partial charge is 0.335 e. The molecule has 4 atom stereocenters. The van der Waals surface area contributed by atoms with Gasteiger partial charge >= 0.3 is 11.9 Å². The van der Waals surface area contributed by atoms with Gasteiger partial charge in [-0.3, -0.25) is 0 Å². The molecule has 65 heavy (non-hydrogen) atoms. The van der Waals surface area contributed by atoms with Crippen LogP contribution in [0.1, 0.15) is 94.6 Å². The van der Waals surface area contributed by atoms with Crippen LogP contribution in [0.25, 0.3) is 11.1 Å². The second-order valence-electron chi connectivity index (χ2n) is 17.3. The highest BCUT2D eigenvalue weighted by molar-refractivity contribution is 5.90. The fraction of sp³-hybridized carbons (Fsp3) is 0.283. The van der Waals surface area contributed by atoms with Crippen molar-refractivity contribution in [2.75, 3.05) is 37.4 Å². The first-order valence-electron chi connectivity index (χ1n) is 21.9. The predicted molar refractivity (Wildman–Crippen MR) is 254 cm³/mol. The highest BCUT2D eigenvalue weighted by Crippen LogP contribution is 2.56. The first kappa shape index (κ1) is 46.3. The van der Waals surface area contributed by atoms with Crippen molar-refractivity contribution < 1.29 is 39.5 Å². The molecule has 0 aliphatic heterocycles. The summed E-state index contributed by atoms with van der Waals surface area (Å²) in [7, 11) is 0. The maximum absolute atomic E-state index is 11.8. The van der Waals surface area contributed by atoms with Crippen molar-refractivity contribution in [1.82, 2.24) is 5.32 Å². The molecule has 0 amide bonds. The number of nitrogen functional groups attached to an aromatic ring is 1. The molecule has 338 valence electrons. The molecule has 0 radical (unpaired) electrons. The van der Waals surface area contributed by atoms with E-state index >= 15 is 0 Å². The monoisotopic (exact) mass is 878 g/mol. The average Bonchev–Trinajstić information content (AvgIpc) is 3.62. The van der Waals surface area contributed by atoms with E-state index in [9.17, 15) is 30.0 Å². The molecule has 7 rings (SSSR count). The first-order chi connectivity index (χ1) is 31.1. The van der Waals surface area contributed by atoms with Gasteiger partial charge < -0.3 is 52.0 Å². The Morgan fingerprint density at radius 1 is 0.646 bits per heavy atom. The number of carboxylic acid groups (broad SMARTS) is 2. The minimum atomic E-state index is -1.06. The lowest BCUT2D eigenvalue weighted by Crippen LogP contribution is -2.44. The lowest BCUT2D eigenvalue weighted by atomic mass is 9.68. The van der Waals surface area contributed by atoms with E-state index in [0.29, 0.717) is 41.3 Å². The molecule has 12 nitrogen and oxygen atoms in total. The van der Waals surface area contributed by atoms with Crippen LogP contribution in [0.5, 0.6) is 11.5 Å². The Morgan fingerprint density at radius 2 is 1.14 bits per heavy atom. The topological polar surface area (TPSA) is 210 Å². The number of aromatic carboxylic acids is 2. The third-order valence-corrected chi connectivity index (χ3v) is 12.8. The molecule has 6 aromatic carbocycles. The van der Waals surface area contributed by atoms with Gasteiger partial charge in [-0.2, -0.15) is 0 Å². The lowest BCUT2D eigenvalue weighted by Gasteiger charge is -2.34. The molecular formula is C53H58N4O8. The summed E-state index contributed by atoms with van der Waals surface area (Å²) in [5.74, 6) is -0.948. The second kappa shape index (κ2) is 19.2. The summed E-state index contributed by atoms with van der Waals surface area (Å²) in [6.07, 6.45) is -0.526. The maximum Gasteiger partial charge on any atom is 0.335 e. The molecule has 0 saturated carbocycles. The molecule has 0 spiro atoms. The molecule has 10 N–H and O–H groups in total. The number of aliphatic hydroxyl groups is 2. The van der Waals surface area contributed by atoms with Gasteiger partial charge in [0.15, 0.2) is 0 Å². The molecule has 0 saturated heterocycles. The number of nitrogens with two attached hydrogens (primary N) is 2. The third kappa shape index (κ3) is 9.72. The molecule has 6 aromatic rings. The number of anilines is 2. The lowest BCUT2D eigenvalue weighted by molar-refractivity contribution is 0.0686. The van der Waals surface area contributed by atoms with Gasteiger partial charge in [0.25, 0.3) is 0 Å². The number of hydrogen-bond donors (Lipinski definition) is 8. The summed E-state index contributed by atoms with van der Waals surface area (Å²) in [6.45, 7) is 8.08. The van der Waals surface area contributed by atoms with Crippen molar-refractivity contribution in [3.8, 4) is 22.6 Å². The van der Waals surface area contributed by atoms with Crippen LogP contribution >= 0.6 is 0 Å². The summed E-state index contributed by atoms with van der Waals surface area (Å²) in [5.41, 5.74) is 19.5. The Hall–Kier alpha value is -6.70. The van der Waals surface area contributed by atoms with Gasteiger partial charge in [0.05, 0.1) is 16.5 Å². The van der Waals surface area contributed by atoms with E-state index in [2.05, 4.69) is 71.3 Å². The molecule has 1 aliphatic rings. The maximum atomic E-state index is 11.8. The molecule has 1 aliphatic carbocycles. The number of fused-ring (bicyclic) bond motifs is 3. The highest BCUT2D eigenvalue weighted by Gasteiger charge is 2.46. The van der Waals surface area contributed by atoms with Crippen LogP contribution in [0, 0.1) is 0 Å². The number of carboxylic acids is 2. The number of carbonyl (C=O) groups is 2. The minimum Gasteiger partial charge on any atom is -0.491 e. The molecule has 0 heterocycles. The molecule has 0 bridgehead atoms. The van der Waals surface area contributed by atoms with E-state index in [0.717, 1.165) is 38.9 Å². The van der Waals surface area contributed by atoms with Gasteiger partial charge in [0.1, 0.15) is 36.9 Å². The Bertz CT molecular complexity index is 2600. The van der Waals surface area contributed by atoms with Gasteiger partial charge in [-0.1, -0.05) is 86.6 Å². The van der Waals surface area contributed by atoms with E-state index in [-0.39, 0.29) is 37.4 Å². The zero-order chi connectivity index (χ0) is 46.5. The van der Waals surface area contributed by atoms with Crippen molar-refractivity contribution >= 4 is 23.3 Å². The summed E-state index contributed by atoms with van der Waals surface area (Å²) in [4.78, 5) is 23.5. The first-order valence-corrected chi connectivity index (χ1v) is 21.9. The predicted octanol–water partition coefficient (Wildman–Crippen LogP) is 8.12. The largest absolute Gasteiger partial charge is 0.491 e. The SMILES string of the molecule is CCC(C)(N)c1cc(NCC(O)COc2ccc(C3(c4ccc(OCC(O)CNC(C)(CC)c5cc(N)cc(C(=O)O)c5)cc4)c4ccccc4-c4ccccc43)cc2)cc(C(=O)O)c1. The third-order valence-electron chi connectivity index (χ3n) is 12.8. The Labute approximate surface area is 379 Å². The Kier molecular flexibility index (Phi) is 13.7. The van der Waals surface area contributed by atoms with Crippen molar-refractivity contribution in [1.29, 1.82) is 0 Å². The number of nitrogens with one attached hydrogen (secondary N) is 2. The molecule has 12 heteroatoms. The van der Waals surface area contributed by atoms with E-state index < -0.39 is 40.6 Å². The van der Waals surface area contributed by atoms with E-state index in [1.807, 2.05) is 70.2 Å². The Balaban J connectivity index is 1.06. The summed E-state index contributed by atoms with van der Waals surface area (Å²) >= 11 is 0. The van der Waals surface area contributed by atoms with Gasteiger partial charge in [-0.15, -0.1) is 0 Å². The summed E-state index contributed by atoms with van der Waals surface area (Å²) < 4.78 is 12.2. The normalized spacial score (nSPS) is 15.4. The van der Waals surface area contributed by atoms with Crippen molar-refractivity contribution in [2.45, 2.75) is 69.2 Å². The number of hydrogen-bond acceptors (Lipinski definition) is 10. The number of rotatable bonds is 20. The zero-order valence-electron chi connectivity index (χ0n) is 37.2. The van der Waals surface area contributed by atoms with Crippen LogP contribution in [0.15, 0.2) is 133 Å². The fourth-order valence-corrected chi connectivity index (χ4v) is 8.62. The fourth-order valence-electron chi connectivity index (χ4n) is 8.62. The standard InChI is InChI=1S/C53H58N4O8/c1-5-51(3,55)37-23-34(50(62)63)26-40(28-37)56-29-41(58)31-64-43-19-15-35(16-20-43)53(47-13-9-7-11-45(47)46-12-8-10-14-48(46)53)36-17-21-44(22-18-36)65-32-42(59)30-57-52(4,6-2)38-24-33(49(60)61)25-39(54)27-38/h7-28,41-42,56-59H,5-6,29-32,54-55H2,1-4H3,(H,60,61)(H,62,63). The second-order valence-corrected chi connectivity index (χ2v) is 17.3. The number of benzene rings is 6. The van der Waals surface area contributed by atoms with Crippen LogP contribution in [0.3, 0.4) is 0 Å². The van der Waals surface area contributed by atoms with Gasteiger partial charge in [-0.25, -0.2) is 9.59 Å². The zero-order valence-corrected chi connectivity index (χ0v) is 37.2. The molecule has 0 aromatic heterocycles. The van der Waals surface area contributed by atoms with Crippen LogP contribution in [-0.2, 0) is 16.5 Å². The van der Waals surface area contributed by atoms with Gasteiger partial charge in [0.2, 0.25) is 0 Å². The highest BCUT2D eigenvalue weighted by atomic mass is 16.5. The summed E-state index contributed by atoms with van der Waals surface area (Å²) in [6, 6.07) is 42.4. The molecular weight excluding hydrogens is 821 g/mol. The van der Waals surface area contributed by atoms with Crippen LogP contribution < -0.4 is 31.6 Å². The summed E-state index contributed by atoms with van der Waals surface area (Å²) in [5, 5.41) is 47.8. The van der Waals surface area contributed by atoms with Crippen LogP contribution in [-0.4, -0.2) is 70.9 Å².